The number of amides is 1. The van der Waals surface area contributed by atoms with Gasteiger partial charge in [0.1, 0.15) is 13.2 Å². The van der Waals surface area contributed by atoms with Crippen LogP contribution in [0.3, 0.4) is 0 Å². The van der Waals surface area contributed by atoms with E-state index in [1.807, 2.05) is 27.2 Å². The standard InChI is InChI=1S/C42H79N2O6P/c1-6-8-10-12-14-16-18-20-22-24-26-28-30-32-34-36-42(46)43-40(39-50-51(47,48)49-38-37-44(3,4)5)41(45)35-33-31-29-27-25-23-21-19-17-15-13-11-9-7-2/h8,10,14,16,20,22,33,35,40-41,45H,6-7,9,11-13,15,17-19,21,23-32,34,36-39H2,1-5H3,(H-,43,46,47,48)/p+1/b10-8-,16-14-,22-20-,35-33+. The van der Waals surface area contributed by atoms with E-state index >= 15 is 0 Å². The van der Waals surface area contributed by atoms with Crippen molar-refractivity contribution < 1.29 is 32.9 Å². The molecule has 3 atom stereocenters. The lowest BCUT2D eigenvalue weighted by atomic mass is 10.0. The van der Waals surface area contributed by atoms with Crippen LogP contribution in [-0.4, -0.2) is 73.4 Å². The summed E-state index contributed by atoms with van der Waals surface area (Å²) < 4.78 is 23.5. The van der Waals surface area contributed by atoms with Gasteiger partial charge in [-0.3, -0.25) is 13.8 Å². The van der Waals surface area contributed by atoms with Crippen LogP contribution < -0.4 is 5.32 Å². The third-order valence-corrected chi connectivity index (χ3v) is 9.79. The fourth-order valence-electron chi connectivity index (χ4n) is 5.52. The number of rotatable bonds is 36. The summed E-state index contributed by atoms with van der Waals surface area (Å²) in [5.41, 5.74) is 0. The number of carbonyl (C=O) groups is 1. The number of allylic oxidation sites excluding steroid dienone is 7. The Bertz CT molecular complexity index is 975. The molecule has 8 nitrogen and oxygen atoms in total. The predicted molar refractivity (Wildman–Crippen MR) is 217 cm³/mol. The quantitative estimate of drug-likeness (QED) is 0.0256. The molecule has 0 radical (unpaired) electrons. The molecule has 3 unspecified atom stereocenters. The van der Waals surface area contributed by atoms with Gasteiger partial charge in [-0.05, 0) is 51.4 Å². The number of likely N-dealkylation sites (N-methyl/N-ethyl adjacent to an activating group) is 1. The number of carbonyl (C=O) groups excluding carboxylic acids is 1. The minimum atomic E-state index is -4.34. The van der Waals surface area contributed by atoms with Gasteiger partial charge in [-0.2, -0.15) is 0 Å². The van der Waals surface area contributed by atoms with Crippen LogP contribution >= 0.6 is 7.82 Å². The van der Waals surface area contributed by atoms with Crippen molar-refractivity contribution >= 4 is 13.7 Å². The van der Waals surface area contributed by atoms with E-state index in [9.17, 15) is 19.4 Å². The number of aliphatic hydroxyl groups is 1. The Kier molecular flexibility index (Phi) is 33.2. The summed E-state index contributed by atoms with van der Waals surface area (Å²) in [7, 11) is 1.55. The number of phosphoric ester groups is 1. The number of quaternary nitrogens is 1. The second kappa shape index (κ2) is 34.2. The van der Waals surface area contributed by atoms with Crippen molar-refractivity contribution in [1.82, 2.24) is 5.32 Å². The Labute approximate surface area is 314 Å². The third-order valence-electron chi connectivity index (χ3n) is 8.80. The van der Waals surface area contributed by atoms with Crippen LogP contribution in [0.4, 0.5) is 0 Å². The fraction of sp³-hybridized carbons (Fsp3) is 0.786. The van der Waals surface area contributed by atoms with E-state index < -0.39 is 20.0 Å². The second-order valence-electron chi connectivity index (χ2n) is 15.0. The molecule has 0 aliphatic carbocycles. The maximum atomic E-state index is 12.8. The Morgan fingerprint density at radius 2 is 1.18 bits per heavy atom. The molecule has 0 fully saturated rings. The molecule has 9 heteroatoms. The summed E-state index contributed by atoms with van der Waals surface area (Å²) in [6.45, 7) is 4.66. The van der Waals surface area contributed by atoms with E-state index in [2.05, 4.69) is 55.6 Å². The van der Waals surface area contributed by atoms with E-state index in [1.54, 1.807) is 6.08 Å². The molecule has 0 aromatic heterocycles. The lowest BCUT2D eigenvalue weighted by molar-refractivity contribution is -0.870. The largest absolute Gasteiger partial charge is 0.472 e. The SMILES string of the molecule is CC/C=C\C/C=C\C/C=C\CCCCCCCC(=O)NC(COP(=O)(O)OCC[N+](C)(C)C)C(O)/C=C/CCCCCCCCCCCCCC. The zero-order chi connectivity index (χ0) is 37.9. The Morgan fingerprint density at radius 1 is 0.686 bits per heavy atom. The van der Waals surface area contributed by atoms with Crippen molar-refractivity contribution in [3.63, 3.8) is 0 Å². The number of hydrogen-bond donors (Lipinski definition) is 3. The molecule has 3 N–H and O–H groups in total. The van der Waals surface area contributed by atoms with Gasteiger partial charge in [0.25, 0.3) is 0 Å². The molecule has 0 bridgehead atoms. The molecular formula is C42H80N2O6P+. The molecule has 0 spiro atoms. The van der Waals surface area contributed by atoms with E-state index in [0.717, 1.165) is 77.0 Å². The summed E-state index contributed by atoms with van der Waals surface area (Å²) in [5.74, 6) is -0.197. The second-order valence-corrected chi connectivity index (χ2v) is 16.4. The smallest absolute Gasteiger partial charge is 0.387 e. The summed E-state index contributed by atoms with van der Waals surface area (Å²) >= 11 is 0. The highest BCUT2D eigenvalue weighted by molar-refractivity contribution is 7.47. The van der Waals surface area contributed by atoms with Crippen molar-refractivity contribution in [2.45, 2.75) is 174 Å². The average molecular weight is 740 g/mol. The summed E-state index contributed by atoms with van der Waals surface area (Å²) in [4.78, 5) is 23.0. The fourth-order valence-corrected chi connectivity index (χ4v) is 6.26. The Hall–Kier alpha value is -1.54. The van der Waals surface area contributed by atoms with E-state index in [-0.39, 0.29) is 19.1 Å². The summed E-state index contributed by atoms with van der Waals surface area (Å²) in [6, 6.07) is -0.854. The minimum absolute atomic E-state index is 0.0562. The highest BCUT2D eigenvalue weighted by Crippen LogP contribution is 2.43. The monoisotopic (exact) mass is 740 g/mol. The summed E-state index contributed by atoms with van der Waals surface area (Å²) in [6.07, 6.45) is 41.7. The van der Waals surface area contributed by atoms with Crippen LogP contribution in [0, 0.1) is 0 Å². The molecule has 0 aliphatic heterocycles. The van der Waals surface area contributed by atoms with Gasteiger partial charge in [0, 0.05) is 6.42 Å². The van der Waals surface area contributed by atoms with Crippen LogP contribution in [-0.2, 0) is 18.4 Å². The lowest BCUT2D eigenvalue weighted by Gasteiger charge is -2.25. The Balaban J connectivity index is 4.53. The van der Waals surface area contributed by atoms with Crippen LogP contribution in [0.1, 0.15) is 162 Å². The van der Waals surface area contributed by atoms with Gasteiger partial charge in [0.05, 0.1) is 39.9 Å². The van der Waals surface area contributed by atoms with E-state index in [4.69, 9.17) is 9.05 Å². The zero-order valence-electron chi connectivity index (χ0n) is 33.6. The minimum Gasteiger partial charge on any atom is -0.387 e. The first-order chi connectivity index (χ1) is 24.5. The molecule has 51 heavy (non-hydrogen) atoms. The van der Waals surface area contributed by atoms with Crippen molar-refractivity contribution in [3.05, 3.63) is 48.6 Å². The molecule has 0 aliphatic rings. The van der Waals surface area contributed by atoms with Gasteiger partial charge in [-0.25, -0.2) is 4.57 Å². The number of hydrogen-bond acceptors (Lipinski definition) is 5. The van der Waals surface area contributed by atoms with Crippen LogP contribution in [0.5, 0.6) is 0 Å². The zero-order valence-corrected chi connectivity index (χ0v) is 34.5. The third kappa shape index (κ3) is 36.6. The maximum absolute atomic E-state index is 12.8. The van der Waals surface area contributed by atoms with Gasteiger partial charge < -0.3 is 19.8 Å². The van der Waals surface area contributed by atoms with Crippen LogP contribution in [0.15, 0.2) is 48.6 Å². The molecule has 1 amide bonds. The van der Waals surface area contributed by atoms with Crippen molar-refractivity contribution in [2.24, 2.45) is 0 Å². The van der Waals surface area contributed by atoms with Crippen LogP contribution in [0.2, 0.25) is 0 Å². The number of phosphoric acid groups is 1. The highest BCUT2D eigenvalue weighted by Gasteiger charge is 2.27. The number of nitrogens with one attached hydrogen (secondary N) is 1. The van der Waals surface area contributed by atoms with Crippen molar-refractivity contribution in [1.29, 1.82) is 0 Å². The molecule has 298 valence electrons. The molecular weight excluding hydrogens is 659 g/mol. The normalized spacial score (nSPS) is 15.0. The molecule has 0 saturated heterocycles. The molecule has 0 heterocycles. The number of nitrogens with zero attached hydrogens (tertiary/aromatic N) is 1. The highest BCUT2D eigenvalue weighted by atomic mass is 31.2. The predicted octanol–water partition coefficient (Wildman–Crippen LogP) is 10.9. The first-order valence-electron chi connectivity index (χ1n) is 20.5. The average Bonchev–Trinajstić information content (AvgIpc) is 3.07. The van der Waals surface area contributed by atoms with Gasteiger partial charge in [0.15, 0.2) is 0 Å². The lowest BCUT2D eigenvalue weighted by Crippen LogP contribution is -2.45. The topological polar surface area (TPSA) is 105 Å². The summed E-state index contributed by atoms with van der Waals surface area (Å²) in [5, 5.41) is 13.8. The first kappa shape index (κ1) is 49.5. The number of unbranched alkanes of at least 4 members (excludes halogenated alkanes) is 17. The van der Waals surface area contributed by atoms with Crippen molar-refractivity contribution in [3.8, 4) is 0 Å². The molecule has 0 aromatic carbocycles. The van der Waals surface area contributed by atoms with Gasteiger partial charge in [0.2, 0.25) is 5.91 Å². The Morgan fingerprint density at radius 3 is 1.73 bits per heavy atom. The number of aliphatic hydroxyl groups excluding tert-OH is 1. The van der Waals surface area contributed by atoms with E-state index in [0.29, 0.717) is 17.4 Å². The molecule has 0 rings (SSSR count). The van der Waals surface area contributed by atoms with Gasteiger partial charge in [-0.1, -0.05) is 152 Å². The molecule has 0 saturated carbocycles. The maximum Gasteiger partial charge on any atom is 0.472 e. The van der Waals surface area contributed by atoms with Gasteiger partial charge >= 0.3 is 7.82 Å². The molecule has 0 aromatic rings. The van der Waals surface area contributed by atoms with E-state index in [1.165, 1.54) is 64.2 Å². The van der Waals surface area contributed by atoms with Gasteiger partial charge in [-0.15, -0.1) is 0 Å². The van der Waals surface area contributed by atoms with Crippen LogP contribution in [0.25, 0.3) is 0 Å². The van der Waals surface area contributed by atoms with Crippen molar-refractivity contribution in [2.75, 3.05) is 40.9 Å². The first-order valence-corrected chi connectivity index (χ1v) is 22.0.